The predicted molar refractivity (Wildman–Crippen MR) is 137 cm³/mol. The Labute approximate surface area is 218 Å². The number of anilines is 2. The fourth-order valence-electron chi connectivity index (χ4n) is 3.87. The molecule has 0 saturated carbocycles. The van der Waals surface area contributed by atoms with Crippen molar-refractivity contribution in [3.63, 3.8) is 0 Å². The molecule has 2 aromatic carbocycles. The lowest BCUT2D eigenvalue weighted by Crippen LogP contribution is -2.43. The Balaban J connectivity index is 1.64. The molecule has 1 N–H and O–H groups in total. The average Bonchev–Trinajstić information content (AvgIpc) is 3.40. The van der Waals surface area contributed by atoms with E-state index in [1.807, 2.05) is 0 Å². The predicted octanol–water partition coefficient (Wildman–Crippen LogP) is 3.01. The highest BCUT2D eigenvalue weighted by atomic mass is 35.5. The van der Waals surface area contributed by atoms with Gasteiger partial charge in [0.2, 0.25) is 5.95 Å². The van der Waals surface area contributed by atoms with Gasteiger partial charge in [0.15, 0.2) is 5.82 Å². The topological polar surface area (TPSA) is 117 Å². The highest BCUT2D eigenvalue weighted by Crippen LogP contribution is 2.29. The van der Waals surface area contributed by atoms with Crippen molar-refractivity contribution >= 4 is 45.7 Å². The van der Waals surface area contributed by atoms with Crippen LogP contribution in [0, 0.1) is 12.7 Å². The minimum absolute atomic E-state index is 0.124. The number of aromatic nitrogens is 8. The van der Waals surface area contributed by atoms with E-state index in [1.54, 1.807) is 44.0 Å². The first-order valence-electron chi connectivity index (χ1n) is 11.0. The van der Waals surface area contributed by atoms with Crippen LogP contribution in [0.25, 0.3) is 10.9 Å². The maximum atomic E-state index is 14.8. The fourth-order valence-corrected chi connectivity index (χ4v) is 4.26. The van der Waals surface area contributed by atoms with Gasteiger partial charge in [-0.15, -0.1) is 0 Å². The van der Waals surface area contributed by atoms with E-state index < -0.39 is 17.2 Å². The van der Waals surface area contributed by atoms with Gasteiger partial charge in [0.05, 0.1) is 29.3 Å². The van der Waals surface area contributed by atoms with Crippen molar-refractivity contribution in [2.24, 2.45) is 14.1 Å². The van der Waals surface area contributed by atoms with Gasteiger partial charge in [-0.25, -0.2) is 23.5 Å². The maximum Gasteiger partial charge on any atom is 0.355 e. The molecule has 0 bridgehead atoms. The molecule has 0 aliphatic rings. The SMILES string of the molecule is Cc1cc(F)c(Cn2c(Nc3cc4cn(C)nc4cc3Cl)nc(=O)n(Cc3ncn(C)n3)c2=O)cc1Cl. The minimum Gasteiger partial charge on any atom is -0.324 e. The molecule has 0 spiro atoms. The quantitative estimate of drug-likeness (QED) is 0.349. The molecule has 5 aromatic rings. The summed E-state index contributed by atoms with van der Waals surface area (Å²) in [6.45, 7) is 1.19. The lowest BCUT2D eigenvalue weighted by atomic mass is 10.1. The molecule has 0 atom stereocenters. The smallest absolute Gasteiger partial charge is 0.324 e. The van der Waals surface area contributed by atoms with E-state index in [0.717, 1.165) is 14.5 Å². The normalized spacial score (nSPS) is 11.4. The van der Waals surface area contributed by atoms with E-state index in [4.69, 9.17) is 23.2 Å². The number of nitrogens with one attached hydrogen (secondary N) is 1. The second kappa shape index (κ2) is 9.45. The molecule has 0 saturated heterocycles. The van der Waals surface area contributed by atoms with Gasteiger partial charge in [-0.3, -0.25) is 13.9 Å². The second-order valence-corrected chi connectivity index (χ2v) is 9.33. The second-order valence-electron chi connectivity index (χ2n) is 8.52. The van der Waals surface area contributed by atoms with E-state index in [9.17, 15) is 14.0 Å². The number of rotatable bonds is 6. The molecule has 11 nitrogen and oxygen atoms in total. The highest BCUT2D eigenvalue weighted by Gasteiger charge is 2.19. The Morgan fingerprint density at radius 3 is 2.49 bits per heavy atom. The van der Waals surface area contributed by atoms with Gasteiger partial charge in [-0.2, -0.15) is 15.2 Å². The first-order valence-corrected chi connectivity index (χ1v) is 11.8. The third-order valence-corrected chi connectivity index (χ3v) is 6.43. The van der Waals surface area contributed by atoms with Crippen LogP contribution >= 0.6 is 23.2 Å². The largest absolute Gasteiger partial charge is 0.355 e. The summed E-state index contributed by atoms with van der Waals surface area (Å²) in [4.78, 5) is 34.6. The molecular weight excluding hydrogens is 524 g/mol. The molecule has 0 aliphatic heterocycles. The molecular formula is C23H20Cl2FN9O2. The summed E-state index contributed by atoms with van der Waals surface area (Å²) in [5.41, 5.74) is 0.153. The Morgan fingerprint density at radius 1 is 0.973 bits per heavy atom. The first-order chi connectivity index (χ1) is 17.6. The molecule has 0 radical (unpaired) electrons. The van der Waals surface area contributed by atoms with Gasteiger partial charge in [0.25, 0.3) is 0 Å². The van der Waals surface area contributed by atoms with Crippen molar-refractivity contribution in [1.29, 1.82) is 0 Å². The lowest BCUT2D eigenvalue weighted by Gasteiger charge is -2.16. The van der Waals surface area contributed by atoms with E-state index in [2.05, 4.69) is 25.5 Å². The molecule has 3 aromatic heterocycles. The number of benzene rings is 2. The van der Waals surface area contributed by atoms with Gasteiger partial charge >= 0.3 is 11.4 Å². The van der Waals surface area contributed by atoms with Crippen molar-refractivity contribution in [1.82, 2.24) is 38.7 Å². The standard InChI is InChI=1S/C23H20Cl2FN9O2/c1-12-4-17(26)13(5-15(12)24)9-34-21(28-19-6-14-8-32(2)30-18(14)7-16(19)25)29-22(36)35(23(34)37)10-20-27-11-33(3)31-20/h4-8,11H,9-10H2,1-3H3,(H,28,29,36). The molecule has 37 heavy (non-hydrogen) atoms. The Morgan fingerprint density at radius 2 is 1.76 bits per heavy atom. The van der Waals surface area contributed by atoms with Crippen LogP contribution in [0.3, 0.4) is 0 Å². The van der Waals surface area contributed by atoms with Crippen molar-refractivity contribution in [3.05, 3.63) is 90.6 Å². The van der Waals surface area contributed by atoms with Gasteiger partial charge in [-0.05, 0) is 36.8 Å². The molecule has 0 unspecified atom stereocenters. The Kier molecular flexibility index (Phi) is 6.30. The number of fused-ring (bicyclic) bond motifs is 1. The molecule has 0 amide bonds. The summed E-state index contributed by atoms with van der Waals surface area (Å²) in [6.07, 6.45) is 3.24. The highest BCUT2D eigenvalue weighted by molar-refractivity contribution is 6.34. The molecule has 3 heterocycles. The van der Waals surface area contributed by atoms with Crippen molar-refractivity contribution in [3.8, 4) is 0 Å². The van der Waals surface area contributed by atoms with Crippen molar-refractivity contribution < 1.29 is 4.39 Å². The monoisotopic (exact) mass is 543 g/mol. The van der Waals surface area contributed by atoms with Gasteiger partial charge in [0.1, 0.15) is 12.1 Å². The summed E-state index contributed by atoms with van der Waals surface area (Å²) >= 11 is 12.7. The van der Waals surface area contributed by atoms with E-state index in [-0.39, 0.29) is 30.4 Å². The summed E-state index contributed by atoms with van der Waals surface area (Å²) in [6, 6.07) is 6.08. The van der Waals surface area contributed by atoms with Crippen LogP contribution in [0.15, 0.2) is 46.4 Å². The van der Waals surface area contributed by atoms with Crippen molar-refractivity contribution in [2.45, 2.75) is 20.0 Å². The molecule has 0 fully saturated rings. The van der Waals surface area contributed by atoms with E-state index in [1.165, 1.54) is 23.1 Å². The number of nitrogens with zero attached hydrogens (tertiary/aromatic N) is 8. The van der Waals surface area contributed by atoms with Gasteiger partial charge < -0.3 is 5.32 Å². The molecule has 5 rings (SSSR count). The summed E-state index contributed by atoms with van der Waals surface area (Å²) in [5.74, 6) is -0.439. The number of hydrogen-bond donors (Lipinski definition) is 1. The van der Waals surface area contributed by atoms with Crippen LogP contribution in [0.5, 0.6) is 0 Å². The third-order valence-electron chi connectivity index (χ3n) is 5.71. The zero-order chi connectivity index (χ0) is 26.4. The zero-order valence-electron chi connectivity index (χ0n) is 19.9. The minimum atomic E-state index is -0.836. The molecule has 190 valence electrons. The van der Waals surface area contributed by atoms with E-state index >= 15 is 0 Å². The van der Waals surface area contributed by atoms with Crippen LogP contribution < -0.4 is 16.7 Å². The molecule has 0 aliphatic carbocycles. The van der Waals surface area contributed by atoms with Crippen LogP contribution in [0.4, 0.5) is 16.0 Å². The van der Waals surface area contributed by atoms with Crippen LogP contribution in [-0.4, -0.2) is 38.7 Å². The maximum absolute atomic E-state index is 14.8. The summed E-state index contributed by atoms with van der Waals surface area (Å²) in [5, 5.41) is 12.8. The van der Waals surface area contributed by atoms with Crippen molar-refractivity contribution in [2.75, 3.05) is 5.32 Å². The zero-order valence-corrected chi connectivity index (χ0v) is 21.4. The number of halogens is 3. The fraction of sp³-hybridized carbons (Fsp3) is 0.217. The lowest BCUT2D eigenvalue weighted by molar-refractivity contribution is 0.554. The van der Waals surface area contributed by atoms with Crippen LogP contribution in [-0.2, 0) is 27.2 Å². The Bertz CT molecular complexity index is 1790. The number of aryl methyl sites for hydroxylation is 3. The Hall–Kier alpha value is -4.03. The number of hydrogen-bond acceptors (Lipinski definition) is 7. The van der Waals surface area contributed by atoms with Gasteiger partial charge in [0, 0.05) is 36.3 Å². The van der Waals surface area contributed by atoms with Gasteiger partial charge in [-0.1, -0.05) is 23.2 Å². The average molecular weight is 544 g/mol. The summed E-state index contributed by atoms with van der Waals surface area (Å²) < 4.78 is 19.9. The summed E-state index contributed by atoms with van der Waals surface area (Å²) in [7, 11) is 3.44. The van der Waals surface area contributed by atoms with E-state index in [0.29, 0.717) is 26.8 Å². The third kappa shape index (κ3) is 4.85. The first kappa shape index (κ1) is 24.7. The van der Waals surface area contributed by atoms with Crippen LogP contribution in [0.2, 0.25) is 10.0 Å². The molecule has 14 heteroatoms. The van der Waals surface area contributed by atoms with Crippen LogP contribution in [0.1, 0.15) is 17.0 Å².